The molecule has 0 saturated carbocycles. The Kier molecular flexibility index (Phi) is 5.75. The Morgan fingerprint density at radius 1 is 1.57 bits per heavy atom. The van der Waals surface area contributed by atoms with Crippen LogP contribution in [-0.4, -0.2) is 17.6 Å². The summed E-state index contributed by atoms with van der Waals surface area (Å²) in [4.78, 5) is 4.20. The van der Waals surface area contributed by atoms with Crippen molar-refractivity contribution in [3.8, 4) is 0 Å². The third-order valence-electron chi connectivity index (χ3n) is 2.05. The molecule has 0 radical (unpaired) electrons. The summed E-state index contributed by atoms with van der Waals surface area (Å²) in [6.07, 6.45) is 3.53. The molecule has 0 aliphatic rings. The Morgan fingerprint density at radius 2 is 2.43 bits per heavy atom. The van der Waals surface area contributed by atoms with Gasteiger partial charge >= 0.3 is 0 Å². The first-order valence-corrected chi connectivity index (χ1v) is 6.06. The third-order valence-corrected chi connectivity index (χ3v) is 2.69. The molecule has 1 atom stereocenters. The van der Waals surface area contributed by atoms with Gasteiger partial charge in [-0.15, -0.1) is 11.3 Å². The van der Waals surface area contributed by atoms with Gasteiger partial charge in [-0.25, -0.2) is 4.98 Å². The quantitative estimate of drug-likeness (QED) is 0.678. The van der Waals surface area contributed by atoms with Gasteiger partial charge in [-0.3, -0.25) is 0 Å². The van der Waals surface area contributed by atoms with E-state index >= 15 is 0 Å². The van der Waals surface area contributed by atoms with Gasteiger partial charge in [0.2, 0.25) is 0 Å². The van der Waals surface area contributed by atoms with Gasteiger partial charge in [0.05, 0.1) is 11.2 Å². The average Bonchev–Trinajstić information content (AvgIpc) is 2.63. The minimum atomic E-state index is 0.341. The van der Waals surface area contributed by atoms with Crippen LogP contribution in [0.2, 0.25) is 0 Å². The number of hydrogen-bond acceptors (Lipinski definition) is 4. The zero-order valence-corrected chi connectivity index (χ0v) is 9.52. The molecule has 3 N–H and O–H groups in total. The molecule has 0 spiro atoms. The Morgan fingerprint density at radius 3 is 3.07 bits per heavy atom. The molecule has 80 valence electrons. The number of nitrogens with one attached hydrogen (secondary N) is 1. The van der Waals surface area contributed by atoms with Crippen molar-refractivity contribution in [2.75, 3.05) is 6.54 Å². The lowest BCUT2D eigenvalue weighted by molar-refractivity contribution is 0.561. The van der Waals surface area contributed by atoms with Crippen molar-refractivity contribution in [1.82, 2.24) is 10.3 Å². The standard InChI is InChI=1S/C10H19N3S/c1-9(11)4-2-3-5-12-6-10-7-14-8-13-10/h7-9,12H,2-6,11H2,1H3. The van der Waals surface area contributed by atoms with E-state index in [0.29, 0.717) is 6.04 Å². The summed E-state index contributed by atoms with van der Waals surface area (Å²) in [5.41, 5.74) is 8.66. The van der Waals surface area contributed by atoms with Crippen LogP contribution in [0, 0.1) is 0 Å². The summed E-state index contributed by atoms with van der Waals surface area (Å²) in [5.74, 6) is 0. The minimum Gasteiger partial charge on any atom is -0.328 e. The fourth-order valence-electron chi connectivity index (χ4n) is 1.26. The smallest absolute Gasteiger partial charge is 0.0795 e. The van der Waals surface area contributed by atoms with E-state index in [-0.39, 0.29) is 0 Å². The first-order valence-electron chi connectivity index (χ1n) is 5.12. The summed E-state index contributed by atoms with van der Waals surface area (Å²) in [5, 5.41) is 5.44. The van der Waals surface area contributed by atoms with E-state index < -0.39 is 0 Å². The van der Waals surface area contributed by atoms with Crippen molar-refractivity contribution in [3.63, 3.8) is 0 Å². The normalized spacial score (nSPS) is 13.0. The Balaban J connectivity index is 1.90. The number of rotatable bonds is 7. The first-order chi connectivity index (χ1) is 6.79. The molecule has 0 fully saturated rings. The van der Waals surface area contributed by atoms with Crippen LogP contribution >= 0.6 is 11.3 Å². The summed E-state index contributed by atoms with van der Waals surface area (Å²) in [6.45, 7) is 4.01. The lowest BCUT2D eigenvalue weighted by Crippen LogP contribution is -2.17. The predicted octanol–water partition coefficient (Wildman–Crippen LogP) is 1.75. The monoisotopic (exact) mass is 213 g/mol. The van der Waals surface area contributed by atoms with Crippen LogP contribution in [0.4, 0.5) is 0 Å². The van der Waals surface area contributed by atoms with Crippen LogP contribution in [0.15, 0.2) is 10.9 Å². The highest BCUT2D eigenvalue weighted by Gasteiger charge is 1.95. The second-order valence-corrected chi connectivity index (χ2v) is 4.35. The fraction of sp³-hybridized carbons (Fsp3) is 0.700. The highest BCUT2D eigenvalue weighted by molar-refractivity contribution is 7.07. The zero-order chi connectivity index (χ0) is 10.2. The Bertz CT molecular complexity index is 221. The van der Waals surface area contributed by atoms with E-state index in [1.807, 2.05) is 5.51 Å². The van der Waals surface area contributed by atoms with Crippen molar-refractivity contribution in [2.24, 2.45) is 5.73 Å². The Labute approximate surface area is 89.7 Å². The zero-order valence-electron chi connectivity index (χ0n) is 8.70. The lowest BCUT2D eigenvalue weighted by atomic mass is 10.1. The SMILES string of the molecule is CC(N)CCCCNCc1cscn1. The van der Waals surface area contributed by atoms with Crippen molar-refractivity contribution >= 4 is 11.3 Å². The number of thiazole rings is 1. The molecule has 1 aromatic rings. The van der Waals surface area contributed by atoms with E-state index in [1.54, 1.807) is 11.3 Å². The number of aromatic nitrogens is 1. The van der Waals surface area contributed by atoms with Crippen LogP contribution in [0.5, 0.6) is 0 Å². The lowest BCUT2D eigenvalue weighted by Gasteiger charge is -2.05. The van der Waals surface area contributed by atoms with Crippen molar-refractivity contribution in [3.05, 3.63) is 16.6 Å². The van der Waals surface area contributed by atoms with E-state index in [9.17, 15) is 0 Å². The third kappa shape index (κ3) is 5.32. The summed E-state index contributed by atoms with van der Waals surface area (Å²) in [6, 6.07) is 0.341. The van der Waals surface area contributed by atoms with Crippen molar-refractivity contribution in [1.29, 1.82) is 0 Å². The molecule has 0 amide bonds. The molecule has 14 heavy (non-hydrogen) atoms. The average molecular weight is 213 g/mol. The summed E-state index contributed by atoms with van der Waals surface area (Å²) < 4.78 is 0. The van der Waals surface area contributed by atoms with Crippen molar-refractivity contribution < 1.29 is 0 Å². The molecular formula is C10H19N3S. The van der Waals surface area contributed by atoms with Gasteiger partial charge in [-0.2, -0.15) is 0 Å². The highest BCUT2D eigenvalue weighted by atomic mass is 32.1. The molecule has 0 bridgehead atoms. The molecule has 0 aliphatic heterocycles. The maximum atomic E-state index is 5.66. The largest absolute Gasteiger partial charge is 0.328 e. The molecule has 0 aliphatic carbocycles. The second kappa shape index (κ2) is 6.92. The van der Waals surface area contributed by atoms with Crippen LogP contribution < -0.4 is 11.1 Å². The molecule has 3 nitrogen and oxygen atoms in total. The van der Waals surface area contributed by atoms with Crippen LogP contribution in [0.3, 0.4) is 0 Å². The second-order valence-electron chi connectivity index (χ2n) is 3.63. The van der Waals surface area contributed by atoms with Gasteiger partial charge in [0.1, 0.15) is 0 Å². The van der Waals surface area contributed by atoms with Gasteiger partial charge in [-0.1, -0.05) is 6.42 Å². The van der Waals surface area contributed by atoms with Crippen LogP contribution in [0.1, 0.15) is 31.9 Å². The van der Waals surface area contributed by atoms with Gasteiger partial charge in [0.15, 0.2) is 0 Å². The van der Waals surface area contributed by atoms with Gasteiger partial charge in [-0.05, 0) is 26.3 Å². The highest BCUT2D eigenvalue weighted by Crippen LogP contribution is 2.00. The molecule has 1 heterocycles. The van der Waals surface area contributed by atoms with Crippen LogP contribution in [-0.2, 0) is 6.54 Å². The number of unbranched alkanes of at least 4 members (excludes halogenated alkanes) is 1. The number of hydrogen-bond donors (Lipinski definition) is 2. The number of nitrogens with two attached hydrogens (primary N) is 1. The van der Waals surface area contributed by atoms with Gasteiger partial charge in [0.25, 0.3) is 0 Å². The minimum absolute atomic E-state index is 0.341. The maximum absolute atomic E-state index is 5.66. The van der Waals surface area contributed by atoms with E-state index in [1.165, 1.54) is 12.8 Å². The molecule has 1 aromatic heterocycles. The molecule has 0 aromatic carbocycles. The van der Waals surface area contributed by atoms with Gasteiger partial charge in [0, 0.05) is 18.0 Å². The molecule has 4 heteroatoms. The predicted molar refractivity (Wildman–Crippen MR) is 61.3 cm³/mol. The summed E-state index contributed by atoms with van der Waals surface area (Å²) in [7, 11) is 0. The van der Waals surface area contributed by atoms with E-state index in [0.717, 1.165) is 25.2 Å². The van der Waals surface area contributed by atoms with Crippen molar-refractivity contribution in [2.45, 2.75) is 38.8 Å². The maximum Gasteiger partial charge on any atom is 0.0795 e. The van der Waals surface area contributed by atoms with Gasteiger partial charge < -0.3 is 11.1 Å². The Hall–Kier alpha value is -0.450. The molecule has 1 unspecified atom stereocenters. The topological polar surface area (TPSA) is 50.9 Å². The molecular weight excluding hydrogens is 194 g/mol. The molecule has 0 saturated heterocycles. The first kappa shape index (κ1) is 11.6. The van der Waals surface area contributed by atoms with E-state index in [4.69, 9.17) is 5.73 Å². The van der Waals surface area contributed by atoms with E-state index in [2.05, 4.69) is 22.6 Å². The number of nitrogens with zero attached hydrogens (tertiary/aromatic N) is 1. The molecule has 1 rings (SSSR count). The fourth-order valence-corrected chi connectivity index (χ4v) is 1.82. The van der Waals surface area contributed by atoms with Crippen LogP contribution in [0.25, 0.3) is 0 Å². The summed E-state index contributed by atoms with van der Waals surface area (Å²) >= 11 is 1.64.